The lowest BCUT2D eigenvalue weighted by atomic mass is 9.91. The maximum absolute atomic E-state index is 6.53. The minimum atomic E-state index is 0.905. The lowest BCUT2D eigenvalue weighted by Crippen LogP contribution is -2.10. The van der Waals surface area contributed by atoms with Crippen molar-refractivity contribution in [2.75, 3.05) is 4.90 Å². The molecule has 11 aromatic rings. The quantitative estimate of drug-likeness (QED) is 0.168. The largest absolute Gasteiger partial charge is 0.455 e. The van der Waals surface area contributed by atoms with Crippen LogP contribution < -0.4 is 4.90 Å². The van der Waals surface area contributed by atoms with Crippen LogP contribution in [0.25, 0.3) is 87.3 Å². The van der Waals surface area contributed by atoms with Gasteiger partial charge in [-0.1, -0.05) is 152 Å². The average Bonchev–Trinajstić information content (AvgIpc) is 3.63. The Bertz CT molecular complexity index is 3210. The van der Waals surface area contributed by atoms with E-state index in [1.165, 1.54) is 54.6 Å². The second kappa shape index (κ2) is 12.2. The molecule has 0 aliphatic carbocycles. The van der Waals surface area contributed by atoms with E-state index in [1.807, 2.05) is 6.07 Å². The van der Waals surface area contributed by atoms with Crippen molar-refractivity contribution in [3.05, 3.63) is 200 Å². The summed E-state index contributed by atoms with van der Waals surface area (Å²) in [6, 6.07) is 72.3. The van der Waals surface area contributed by atoms with E-state index in [1.54, 1.807) is 0 Å². The Morgan fingerprint density at radius 2 is 0.926 bits per heavy atom. The molecule has 0 saturated carbocycles. The molecule has 0 bridgehead atoms. The molecule has 2 nitrogen and oxygen atoms in total. The fourth-order valence-corrected chi connectivity index (χ4v) is 8.44. The fourth-order valence-electron chi connectivity index (χ4n) is 8.44. The monoisotopic (exact) mass is 687 g/mol. The van der Waals surface area contributed by atoms with Gasteiger partial charge in [0.1, 0.15) is 11.2 Å². The first kappa shape index (κ1) is 30.5. The molecule has 10 aromatic carbocycles. The van der Waals surface area contributed by atoms with Crippen LogP contribution in [-0.2, 0) is 0 Å². The van der Waals surface area contributed by atoms with Gasteiger partial charge in [-0.15, -0.1) is 0 Å². The molecular formula is C52H33NO. The number of nitrogens with zero attached hydrogens (tertiary/aromatic N) is 1. The highest BCUT2D eigenvalue weighted by molar-refractivity contribution is 6.24. The molecule has 0 fully saturated rings. The van der Waals surface area contributed by atoms with Crippen molar-refractivity contribution in [2.24, 2.45) is 0 Å². The van der Waals surface area contributed by atoms with Gasteiger partial charge in [-0.25, -0.2) is 0 Å². The molecule has 0 radical (unpaired) electrons. The van der Waals surface area contributed by atoms with Gasteiger partial charge < -0.3 is 9.32 Å². The van der Waals surface area contributed by atoms with E-state index in [4.69, 9.17) is 4.42 Å². The highest BCUT2D eigenvalue weighted by atomic mass is 16.3. The van der Waals surface area contributed by atoms with Crippen molar-refractivity contribution in [1.29, 1.82) is 0 Å². The summed E-state index contributed by atoms with van der Waals surface area (Å²) in [7, 11) is 0. The zero-order valence-electron chi connectivity index (χ0n) is 29.4. The van der Waals surface area contributed by atoms with E-state index >= 15 is 0 Å². The molecule has 0 aliphatic rings. The van der Waals surface area contributed by atoms with Crippen LogP contribution in [0.1, 0.15) is 0 Å². The Hall–Kier alpha value is -7.16. The number of anilines is 3. The summed E-state index contributed by atoms with van der Waals surface area (Å²) in [5, 5.41) is 12.1. The van der Waals surface area contributed by atoms with Gasteiger partial charge in [0, 0.05) is 33.2 Å². The molecule has 0 N–H and O–H groups in total. The molecule has 2 heteroatoms. The first-order valence-corrected chi connectivity index (χ1v) is 18.5. The standard InChI is InChI=1S/C52H33NO/c1-2-10-34(11-3-1)40-14-8-15-42(32-40)53(43-30-26-37-27-31-47-46-17-6-7-19-49(46)54-52(47)48(37)33-43)41-28-24-36(25-29-41)45-18-9-13-38-22-23-39-21-20-35-12-4-5-16-44(35)51(39)50(38)45/h1-33H. The number of hydrogen-bond acceptors (Lipinski definition) is 2. The third-order valence-electron chi connectivity index (χ3n) is 11.0. The topological polar surface area (TPSA) is 16.4 Å². The fraction of sp³-hybridized carbons (Fsp3) is 0. The van der Waals surface area contributed by atoms with Gasteiger partial charge in [0.05, 0.1) is 0 Å². The zero-order chi connectivity index (χ0) is 35.6. The molecule has 0 spiro atoms. The summed E-state index contributed by atoms with van der Waals surface area (Å²) in [4.78, 5) is 2.36. The Balaban J connectivity index is 1.10. The van der Waals surface area contributed by atoms with Gasteiger partial charge in [-0.2, -0.15) is 0 Å². The molecule has 0 amide bonds. The lowest BCUT2D eigenvalue weighted by Gasteiger charge is -2.26. The third-order valence-corrected chi connectivity index (χ3v) is 11.0. The summed E-state index contributed by atoms with van der Waals surface area (Å²) in [6.45, 7) is 0. The number of rotatable bonds is 5. The molecule has 0 unspecified atom stereocenters. The molecule has 0 aliphatic heterocycles. The van der Waals surface area contributed by atoms with Crippen LogP contribution in [0, 0.1) is 0 Å². The molecule has 252 valence electrons. The summed E-state index contributed by atoms with van der Waals surface area (Å²) < 4.78 is 6.53. The van der Waals surface area contributed by atoms with Gasteiger partial charge in [0.2, 0.25) is 0 Å². The Morgan fingerprint density at radius 3 is 1.80 bits per heavy atom. The third kappa shape index (κ3) is 4.88. The maximum Gasteiger partial charge on any atom is 0.143 e. The second-order valence-electron chi connectivity index (χ2n) is 14.1. The SMILES string of the molecule is c1ccc(-c2cccc(N(c3ccc(-c4cccc5ccc6ccc7ccccc7c6c45)cc3)c3ccc4ccc5c6ccccc6oc5c4c3)c2)cc1. The molecular weight excluding hydrogens is 655 g/mol. The molecule has 11 rings (SSSR count). The van der Waals surface area contributed by atoms with E-state index in [2.05, 4.69) is 199 Å². The number of hydrogen-bond donors (Lipinski definition) is 0. The Morgan fingerprint density at radius 1 is 0.315 bits per heavy atom. The summed E-state index contributed by atoms with van der Waals surface area (Å²) in [5.41, 5.74) is 9.83. The van der Waals surface area contributed by atoms with E-state index in [0.29, 0.717) is 0 Å². The first-order chi connectivity index (χ1) is 26.8. The molecule has 0 saturated heterocycles. The van der Waals surface area contributed by atoms with Gasteiger partial charge in [-0.05, 0) is 108 Å². The van der Waals surface area contributed by atoms with Gasteiger partial charge >= 0.3 is 0 Å². The normalized spacial score (nSPS) is 11.7. The Kier molecular flexibility index (Phi) is 6.90. The zero-order valence-corrected chi connectivity index (χ0v) is 29.4. The lowest BCUT2D eigenvalue weighted by molar-refractivity contribution is 0.672. The smallest absolute Gasteiger partial charge is 0.143 e. The molecule has 1 heterocycles. The van der Waals surface area contributed by atoms with Crippen molar-refractivity contribution in [3.8, 4) is 22.3 Å². The van der Waals surface area contributed by atoms with Gasteiger partial charge in [0.25, 0.3) is 0 Å². The molecule has 1 aromatic heterocycles. The van der Waals surface area contributed by atoms with Crippen molar-refractivity contribution in [1.82, 2.24) is 0 Å². The van der Waals surface area contributed by atoms with Crippen LogP contribution in [0.3, 0.4) is 0 Å². The average molecular weight is 688 g/mol. The highest BCUT2D eigenvalue weighted by Gasteiger charge is 2.18. The van der Waals surface area contributed by atoms with Crippen molar-refractivity contribution >= 4 is 82.1 Å². The molecule has 0 atom stereocenters. The van der Waals surface area contributed by atoms with Crippen LogP contribution >= 0.6 is 0 Å². The van der Waals surface area contributed by atoms with E-state index in [0.717, 1.165) is 49.8 Å². The minimum Gasteiger partial charge on any atom is -0.455 e. The maximum atomic E-state index is 6.53. The number of fused-ring (bicyclic) bond motifs is 10. The number of furan rings is 1. The number of para-hydroxylation sites is 1. The second-order valence-corrected chi connectivity index (χ2v) is 14.1. The summed E-state index contributed by atoms with van der Waals surface area (Å²) >= 11 is 0. The van der Waals surface area contributed by atoms with Gasteiger partial charge in [0.15, 0.2) is 0 Å². The predicted octanol–water partition coefficient (Wildman–Crippen LogP) is 15.0. The highest BCUT2D eigenvalue weighted by Crippen LogP contribution is 2.43. The molecule has 54 heavy (non-hydrogen) atoms. The van der Waals surface area contributed by atoms with E-state index < -0.39 is 0 Å². The van der Waals surface area contributed by atoms with Crippen LogP contribution in [-0.4, -0.2) is 0 Å². The predicted molar refractivity (Wildman–Crippen MR) is 229 cm³/mol. The first-order valence-electron chi connectivity index (χ1n) is 18.5. The van der Waals surface area contributed by atoms with E-state index in [9.17, 15) is 0 Å². The van der Waals surface area contributed by atoms with Crippen LogP contribution in [0.4, 0.5) is 17.1 Å². The minimum absolute atomic E-state index is 0.905. The van der Waals surface area contributed by atoms with Crippen molar-refractivity contribution in [3.63, 3.8) is 0 Å². The van der Waals surface area contributed by atoms with Crippen molar-refractivity contribution in [2.45, 2.75) is 0 Å². The van der Waals surface area contributed by atoms with Crippen LogP contribution in [0.5, 0.6) is 0 Å². The van der Waals surface area contributed by atoms with E-state index in [-0.39, 0.29) is 0 Å². The van der Waals surface area contributed by atoms with Crippen LogP contribution in [0.2, 0.25) is 0 Å². The Labute approximate surface area is 312 Å². The summed E-state index contributed by atoms with van der Waals surface area (Å²) in [6.07, 6.45) is 0. The number of benzene rings is 10. The summed E-state index contributed by atoms with van der Waals surface area (Å²) in [5.74, 6) is 0. The van der Waals surface area contributed by atoms with Crippen molar-refractivity contribution < 1.29 is 4.42 Å². The van der Waals surface area contributed by atoms with Gasteiger partial charge in [-0.3, -0.25) is 0 Å². The van der Waals surface area contributed by atoms with Crippen LogP contribution in [0.15, 0.2) is 205 Å².